The summed E-state index contributed by atoms with van der Waals surface area (Å²) in [6.45, 7) is 4.49. The van der Waals surface area contributed by atoms with Gasteiger partial charge in [-0.05, 0) is 60.1 Å². The first-order valence-electron chi connectivity index (χ1n) is 8.29. The molecule has 2 unspecified atom stereocenters. The van der Waals surface area contributed by atoms with Crippen molar-refractivity contribution in [1.29, 1.82) is 0 Å². The molecule has 24 heavy (non-hydrogen) atoms. The summed E-state index contributed by atoms with van der Waals surface area (Å²) >= 11 is 0. The Morgan fingerprint density at radius 1 is 0.708 bits per heavy atom. The molecule has 0 aromatic heterocycles. The van der Waals surface area contributed by atoms with Crippen molar-refractivity contribution in [1.82, 2.24) is 0 Å². The molecule has 0 N–H and O–H groups in total. The third-order valence-corrected chi connectivity index (χ3v) is 5.26. The number of fused-ring (bicyclic) bond motifs is 2. The summed E-state index contributed by atoms with van der Waals surface area (Å²) in [6.07, 6.45) is 11.9. The van der Waals surface area contributed by atoms with E-state index in [1.807, 2.05) is 0 Å². The summed E-state index contributed by atoms with van der Waals surface area (Å²) in [6, 6.07) is 13.3. The molecule has 0 heterocycles. The van der Waals surface area contributed by atoms with Gasteiger partial charge >= 0.3 is 37.7 Å². The SMILES string of the molecule is Cc1cccc2c1C(CCC1C=Cc3cccc(C)c31)C=C2.[H-].[H-].[Li+].[Li+]. The second kappa shape index (κ2) is 8.00. The Labute approximate surface area is 172 Å². The Kier molecular flexibility index (Phi) is 6.48. The van der Waals surface area contributed by atoms with Crippen LogP contribution in [0.1, 0.15) is 60.9 Å². The molecule has 0 saturated heterocycles. The Hall–Kier alpha value is -0.885. The molecule has 2 aromatic rings. The molecule has 0 bridgehead atoms. The molecule has 0 aliphatic heterocycles. The van der Waals surface area contributed by atoms with Crippen LogP contribution in [0.2, 0.25) is 0 Å². The summed E-state index contributed by atoms with van der Waals surface area (Å²) in [5.74, 6) is 1.19. The van der Waals surface area contributed by atoms with Crippen molar-refractivity contribution in [3.63, 3.8) is 0 Å². The Morgan fingerprint density at radius 3 is 1.54 bits per heavy atom. The van der Waals surface area contributed by atoms with Crippen LogP contribution in [0.15, 0.2) is 48.6 Å². The van der Waals surface area contributed by atoms with Gasteiger partial charge in [0.1, 0.15) is 0 Å². The number of hydrogen-bond donors (Lipinski definition) is 0. The van der Waals surface area contributed by atoms with Crippen LogP contribution in [-0.4, -0.2) is 0 Å². The zero-order valence-corrected chi connectivity index (χ0v) is 15.3. The molecular weight excluding hydrogens is 278 g/mol. The van der Waals surface area contributed by atoms with E-state index in [0.717, 1.165) is 0 Å². The molecule has 4 rings (SSSR count). The van der Waals surface area contributed by atoms with Crippen LogP contribution in [0.4, 0.5) is 0 Å². The zero-order valence-electron chi connectivity index (χ0n) is 17.3. The largest absolute Gasteiger partial charge is 1.00 e. The fraction of sp³-hybridized carbons (Fsp3) is 0.273. The maximum atomic E-state index is 2.40. The molecular formula is C22H24Li2. The average Bonchev–Trinajstić information content (AvgIpc) is 3.11. The van der Waals surface area contributed by atoms with E-state index in [0.29, 0.717) is 11.8 Å². The molecule has 0 amide bonds. The first kappa shape index (κ1) is 19.4. The van der Waals surface area contributed by atoms with Gasteiger partial charge in [-0.15, -0.1) is 0 Å². The van der Waals surface area contributed by atoms with Crippen molar-refractivity contribution in [3.05, 3.63) is 81.9 Å². The first-order valence-corrected chi connectivity index (χ1v) is 8.29. The summed E-state index contributed by atoms with van der Waals surface area (Å²) < 4.78 is 0. The second-order valence-electron chi connectivity index (χ2n) is 6.66. The van der Waals surface area contributed by atoms with E-state index in [2.05, 4.69) is 74.5 Å². The predicted molar refractivity (Wildman–Crippen MR) is 97.4 cm³/mol. The van der Waals surface area contributed by atoms with Crippen LogP contribution in [0.25, 0.3) is 12.2 Å². The number of rotatable bonds is 3. The van der Waals surface area contributed by atoms with Gasteiger partial charge < -0.3 is 2.85 Å². The van der Waals surface area contributed by atoms with E-state index in [4.69, 9.17) is 0 Å². The van der Waals surface area contributed by atoms with Crippen LogP contribution in [0, 0.1) is 13.8 Å². The van der Waals surface area contributed by atoms with Gasteiger partial charge in [-0.2, -0.15) is 0 Å². The van der Waals surface area contributed by atoms with Gasteiger partial charge in [0.25, 0.3) is 0 Å². The Balaban J connectivity index is 0.00000156. The summed E-state index contributed by atoms with van der Waals surface area (Å²) in [4.78, 5) is 0. The number of allylic oxidation sites excluding steroid dienone is 2. The van der Waals surface area contributed by atoms with Gasteiger partial charge in [-0.25, -0.2) is 0 Å². The Morgan fingerprint density at radius 2 is 1.12 bits per heavy atom. The van der Waals surface area contributed by atoms with E-state index in [9.17, 15) is 0 Å². The quantitative estimate of drug-likeness (QED) is 0.713. The fourth-order valence-corrected chi connectivity index (χ4v) is 4.18. The van der Waals surface area contributed by atoms with Gasteiger partial charge in [0.2, 0.25) is 0 Å². The predicted octanol–water partition coefficient (Wildman–Crippen LogP) is 0.238. The van der Waals surface area contributed by atoms with Crippen LogP contribution >= 0.6 is 0 Å². The molecule has 0 saturated carbocycles. The fourth-order valence-electron chi connectivity index (χ4n) is 4.18. The van der Waals surface area contributed by atoms with Crippen molar-refractivity contribution < 1.29 is 40.6 Å². The molecule has 2 aromatic carbocycles. The van der Waals surface area contributed by atoms with Crippen molar-refractivity contribution in [2.24, 2.45) is 0 Å². The summed E-state index contributed by atoms with van der Waals surface area (Å²) in [5, 5.41) is 0. The van der Waals surface area contributed by atoms with Gasteiger partial charge in [0.05, 0.1) is 0 Å². The van der Waals surface area contributed by atoms with E-state index in [1.165, 1.54) is 35.1 Å². The van der Waals surface area contributed by atoms with E-state index in [1.54, 1.807) is 11.1 Å². The van der Waals surface area contributed by atoms with Crippen molar-refractivity contribution in [2.45, 2.75) is 38.5 Å². The second-order valence-corrected chi connectivity index (χ2v) is 6.66. The maximum absolute atomic E-state index is 2.40. The maximum Gasteiger partial charge on any atom is 1.00 e. The molecule has 2 aliphatic rings. The minimum absolute atomic E-state index is 0. The van der Waals surface area contributed by atoms with Crippen LogP contribution in [0.5, 0.6) is 0 Å². The molecule has 2 atom stereocenters. The van der Waals surface area contributed by atoms with Crippen LogP contribution in [0.3, 0.4) is 0 Å². The van der Waals surface area contributed by atoms with Crippen molar-refractivity contribution >= 4 is 12.2 Å². The van der Waals surface area contributed by atoms with Crippen LogP contribution in [-0.2, 0) is 0 Å². The van der Waals surface area contributed by atoms with Gasteiger partial charge in [-0.3, -0.25) is 0 Å². The molecule has 0 nitrogen and oxygen atoms in total. The van der Waals surface area contributed by atoms with Crippen LogP contribution < -0.4 is 37.7 Å². The van der Waals surface area contributed by atoms with Gasteiger partial charge in [-0.1, -0.05) is 60.7 Å². The molecule has 0 spiro atoms. The molecule has 0 radical (unpaired) electrons. The van der Waals surface area contributed by atoms with E-state index in [-0.39, 0.29) is 40.6 Å². The summed E-state index contributed by atoms with van der Waals surface area (Å²) in [5.41, 5.74) is 8.81. The van der Waals surface area contributed by atoms with E-state index >= 15 is 0 Å². The minimum Gasteiger partial charge on any atom is -1.00 e. The number of aryl methyl sites for hydroxylation is 2. The Bertz CT molecular complexity index is 729. The topological polar surface area (TPSA) is 0 Å². The molecule has 114 valence electrons. The van der Waals surface area contributed by atoms with Gasteiger partial charge in [0.15, 0.2) is 0 Å². The smallest absolute Gasteiger partial charge is 1.00 e. The van der Waals surface area contributed by atoms with E-state index < -0.39 is 0 Å². The third kappa shape index (κ3) is 3.40. The molecule has 2 heteroatoms. The summed E-state index contributed by atoms with van der Waals surface area (Å²) in [7, 11) is 0. The average molecular weight is 302 g/mol. The minimum atomic E-state index is 0. The molecule has 0 fully saturated rings. The molecule has 2 aliphatic carbocycles. The number of hydrogen-bond acceptors (Lipinski definition) is 0. The first-order chi connectivity index (χ1) is 10.7. The van der Waals surface area contributed by atoms with Crippen molar-refractivity contribution in [2.75, 3.05) is 0 Å². The third-order valence-electron chi connectivity index (χ3n) is 5.26. The number of benzene rings is 2. The zero-order chi connectivity index (χ0) is 15.1. The van der Waals surface area contributed by atoms with Crippen molar-refractivity contribution in [3.8, 4) is 0 Å². The normalized spacial score (nSPS) is 19.4. The standard InChI is InChI=1S/C22H22.2Li.2H/c1-15-5-3-7-17-9-11-19(21(15)17)13-14-20-12-10-18-8-4-6-16(2)22(18)20;;;;/h3-12,19-20H,13-14H2,1-2H3;;;;/q;2*+1;2*-1. The van der Waals surface area contributed by atoms with Gasteiger partial charge in [0, 0.05) is 11.8 Å². The monoisotopic (exact) mass is 302 g/mol.